The molecule has 4 heteroatoms. The molecular formula is C15H18N2O2. The van der Waals surface area contributed by atoms with E-state index in [1.165, 1.54) is 0 Å². The van der Waals surface area contributed by atoms with Gasteiger partial charge in [0.05, 0.1) is 6.42 Å². The lowest BCUT2D eigenvalue weighted by molar-refractivity contribution is -0.115. The zero-order valence-corrected chi connectivity index (χ0v) is 11.1. The minimum Gasteiger partial charge on any atom is -0.335 e. The van der Waals surface area contributed by atoms with Crippen LogP contribution in [0.5, 0.6) is 0 Å². The first-order valence-corrected chi connectivity index (χ1v) is 6.48. The zero-order valence-electron chi connectivity index (χ0n) is 11.1. The van der Waals surface area contributed by atoms with Gasteiger partial charge in [-0.25, -0.2) is 0 Å². The van der Waals surface area contributed by atoms with Crippen LogP contribution in [0.4, 0.5) is 5.69 Å². The molecule has 19 heavy (non-hydrogen) atoms. The number of rotatable bonds is 5. The maximum Gasteiger partial charge on any atom is 0.254 e. The minimum absolute atomic E-state index is 0.0103. The maximum atomic E-state index is 12.4. The van der Waals surface area contributed by atoms with Crippen LogP contribution in [-0.4, -0.2) is 29.8 Å². The smallest absolute Gasteiger partial charge is 0.254 e. The number of carbonyl (C=O) groups is 2. The van der Waals surface area contributed by atoms with E-state index < -0.39 is 0 Å². The van der Waals surface area contributed by atoms with E-state index in [4.69, 9.17) is 0 Å². The highest BCUT2D eigenvalue weighted by atomic mass is 16.2. The molecule has 100 valence electrons. The Balaban J connectivity index is 2.21. The Kier molecular flexibility index (Phi) is 4.00. The lowest BCUT2D eigenvalue weighted by atomic mass is 10.1. The van der Waals surface area contributed by atoms with Crippen LogP contribution in [-0.2, 0) is 11.2 Å². The van der Waals surface area contributed by atoms with Gasteiger partial charge in [0.15, 0.2) is 0 Å². The van der Waals surface area contributed by atoms with Crippen molar-refractivity contribution in [3.05, 3.63) is 42.0 Å². The highest BCUT2D eigenvalue weighted by molar-refractivity contribution is 6.01. The van der Waals surface area contributed by atoms with Crippen molar-refractivity contribution in [2.75, 3.05) is 18.4 Å². The van der Waals surface area contributed by atoms with Gasteiger partial charge in [-0.3, -0.25) is 9.59 Å². The molecule has 0 spiro atoms. The van der Waals surface area contributed by atoms with Gasteiger partial charge in [0.2, 0.25) is 5.91 Å². The summed E-state index contributed by atoms with van der Waals surface area (Å²) in [5.74, 6) is -0.0278. The van der Waals surface area contributed by atoms with Gasteiger partial charge in [0.1, 0.15) is 0 Å². The highest BCUT2D eigenvalue weighted by Crippen LogP contribution is 2.24. The van der Waals surface area contributed by atoms with Gasteiger partial charge < -0.3 is 10.2 Å². The fraction of sp³-hybridized carbons (Fsp3) is 0.333. The third-order valence-corrected chi connectivity index (χ3v) is 3.11. The number of benzene rings is 1. The predicted octanol–water partition coefficient (Wildman–Crippen LogP) is 2.22. The van der Waals surface area contributed by atoms with Gasteiger partial charge in [0, 0.05) is 24.3 Å². The molecular weight excluding hydrogens is 240 g/mol. The second kappa shape index (κ2) is 5.69. The fourth-order valence-corrected chi connectivity index (χ4v) is 2.25. The number of amides is 2. The molecule has 0 aliphatic carbocycles. The highest BCUT2D eigenvalue weighted by Gasteiger charge is 2.20. The lowest BCUT2D eigenvalue weighted by Gasteiger charge is -2.20. The summed E-state index contributed by atoms with van der Waals surface area (Å²) in [6, 6.07) is 5.37. The molecule has 0 radical (unpaired) electrons. The van der Waals surface area contributed by atoms with Crippen molar-refractivity contribution in [2.45, 2.75) is 19.8 Å². The molecule has 0 saturated heterocycles. The Morgan fingerprint density at radius 3 is 3.00 bits per heavy atom. The summed E-state index contributed by atoms with van der Waals surface area (Å²) >= 11 is 0. The molecule has 1 aliphatic rings. The zero-order chi connectivity index (χ0) is 13.8. The molecule has 1 N–H and O–H groups in total. The van der Waals surface area contributed by atoms with Crippen molar-refractivity contribution in [1.82, 2.24) is 4.90 Å². The standard InChI is InChI=1S/C15H18N2O2/c1-3-7-17(8-4-2)15(19)11-5-6-13-12(9-11)10-14(18)16-13/h3,5-6,9H,1,4,7-8,10H2,2H3,(H,16,18). The molecule has 0 saturated carbocycles. The molecule has 2 rings (SSSR count). The lowest BCUT2D eigenvalue weighted by Crippen LogP contribution is -2.31. The largest absolute Gasteiger partial charge is 0.335 e. The number of nitrogens with zero attached hydrogens (tertiary/aromatic N) is 1. The summed E-state index contributed by atoms with van der Waals surface area (Å²) in [5, 5.41) is 2.76. The maximum absolute atomic E-state index is 12.4. The van der Waals surface area contributed by atoms with Crippen LogP contribution in [0.25, 0.3) is 0 Å². The quantitative estimate of drug-likeness (QED) is 0.823. The second-order valence-corrected chi connectivity index (χ2v) is 4.64. The molecule has 0 fully saturated rings. The van der Waals surface area contributed by atoms with E-state index in [9.17, 15) is 9.59 Å². The number of hydrogen-bond acceptors (Lipinski definition) is 2. The normalized spacial score (nSPS) is 12.8. The van der Waals surface area contributed by atoms with Crippen molar-refractivity contribution < 1.29 is 9.59 Å². The Morgan fingerprint density at radius 1 is 1.53 bits per heavy atom. The SMILES string of the molecule is C=CCN(CCC)C(=O)c1ccc2c(c1)CC(=O)N2. The Bertz CT molecular complexity index is 523. The number of carbonyl (C=O) groups excluding carboxylic acids is 2. The molecule has 0 bridgehead atoms. The second-order valence-electron chi connectivity index (χ2n) is 4.64. The van der Waals surface area contributed by atoms with Gasteiger partial charge >= 0.3 is 0 Å². The molecule has 0 atom stereocenters. The van der Waals surface area contributed by atoms with E-state index in [1.807, 2.05) is 6.92 Å². The van der Waals surface area contributed by atoms with Gasteiger partial charge in [-0.15, -0.1) is 6.58 Å². The molecule has 1 aromatic rings. The van der Waals surface area contributed by atoms with Crippen molar-refractivity contribution >= 4 is 17.5 Å². The Morgan fingerprint density at radius 2 is 2.32 bits per heavy atom. The molecule has 4 nitrogen and oxygen atoms in total. The summed E-state index contributed by atoms with van der Waals surface area (Å²) < 4.78 is 0. The van der Waals surface area contributed by atoms with Gasteiger partial charge in [-0.1, -0.05) is 13.0 Å². The average molecular weight is 258 g/mol. The van der Waals surface area contributed by atoms with Crippen LogP contribution in [0.1, 0.15) is 29.3 Å². The summed E-state index contributed by atoms with van der Waals surface area (Å²) in [6.07, 6.45) is 2.99. The van der Waals surface area contributed by atoms with Gasteiger partial charge in [-0.05, 0) is 30.2 Å². The first-order chi connectivity index (χ1) is 9.15. The predicted molar refractivity (Wildman–Crippen MR) is 75.2 cm³/mol. The molecule has 2 amide bonds. The van der Waals surface area contributed by atoms with E-state index in [0.717, 1.165) is 17.7 Å². The van der Waals surface area contributed by atoms with Crippen molar-refractivity contribution in [2.24, 2.45) is 0 Å². The molecule has 0 aromatic heterocycles. The molecule has 1 aliphatic heterocycles. The third-order valence-electron chi connectivity index (χ3n) is 3.11. The molecule has 1 aromatic carbocycles. The number of fused-ring (bicyclic) bond motifs is 1. The van der Waals surface area contributed by atoms with Gasteiger partial charge in [-0.2, -0.15) is 0 Å². The van der Waals surface area contributed by atoms with Crippen LogP contribution < -0.4 is 5.32 Å². The first kappa shape index (κ1) is 13.3. The Hall–Kier alpha value is -2.10. The van der Waals surface area contributed by atoms with Crippen molar-refractivity contribution in [3.63, 3.8) is 0 Å². The van der Waals surface area contributed by atoms with E-state index in [1.54, 1.807) is 29.2 Å². The van der Waals surface area contributed by atoms with Crippen molar-refractivity contribution in [1.29, 1.82) is 0 Å². The van der Waals surface area contributed by atoms with Crippen LogP contribution in [0.2, 0.25) is 0 Å². The number of nitrogens with one attached hydrogen (secondary N) is 1. The van der Waals surface area contributed by atoms with E-state index in [0.29, 0.717) is 25.1 Å². The van der Waals surface area contributed by atoms with Gasteiger partial charge in [0.25, 0.3) is 5.91 Å². The Labute approximate surface area is 113 Å². The number of hydrogen-bond donors (Lipinski definition) is 1. The molecule has 1 heterocycles. The minimum atomic E-state index is -0.0175. The molecule has 0 unspecified atom stereocenters. The van der Waals surface area contributed by atoms with Crippen LogP contribution >= 0.6 is 0 Å². The van der Waals surface area contributed by atoms with E-state index in [2.05, 4.69) is 11.9 Å². The average Bonchev–Trinajstić information content (AvgIpc) is 2.76. The third kappa shape index (κ3) is 2.84. The van der Waals surface area contributed by atoms with Crippen LogP contribution in [0, 0.1) is 0 Å². The van der Waals surface area contributed by atoms with Crippen molar-refractivity contribution in [3.8, 4) is 0 Å². The summed E-state index contributed by atoms with van der Waals surface area (Å²) in [6.45, 7) is 6.96. The summed E-state index contributed by atoms with van der Waals surface area (Å²) in [5.41, 5.74) is 2.34. The fourth-order valence-electron chi connectivity index (χ4n) is 2.25. The monoisotopic (exact) mass is 258 g/mol. The summed E-state index contributed by atoms with van der Waals surface area (Å²) in [4.78, 5) is 25.4. The van der Waals surface area contributed by atoms with Crippen LogP contribution in [0.3, 0.4) is 0 Å². The number of anilines is 1. The topological polar surface area (TPSA) is 49.4 Å². The summed E-state index contributed by atoms with van der Waals surface area (Å²) in [7, 11) is 0. The van der Waals surface area contributed by atoms with E-state index in [-0.39, 0.29) is 11.8 Å². The van der Waals surface area contributed by atoms with Crippen LogP contribution in [0.15, 0.2) is 30.9 Å². The van der Waals surface area contributed by atoms with E-state index >= 15 is 0 Å². The first-order valence-electron chi connectivity index (χ1n) is 6.48.